The van der Waals surface area contributed by atoms with Crippen molar-refractivity contribution in [1.29, 1.82) is 0 Å². The molecule has 0 aromatic heterocycles. The number of benzene rings is 3. The highest BCUT2D eigenvalue weighted by atomic mass is 16.8. The molecule has 3 aliphatic rings. The van der Waals surface area contributed by atoms with Crippen LogP contribution in [0.3, 0.4) is 0 Å². The molecule has 0 unspecified atom stereocenters. The average Bonchev–Trinajstić information content (AvgIpc) is 2.72. The van der Waals surface area contributed by atoms with Gasteiger partial charge in [-0.2, -0.15) is 0 Å². The van der Waals surface area contributed by atoms with Crippen molar-refractivity contribution >= 4 is 59.7 Å². The molecule has 0 aliphatic carbocycles. The van der Waals surface area contributed by atoms with Crippen molar-refractivity contribution in [2.45, 2.75) is 160 Å². The largest absolute Gasteiger partial charge is 0.463 e. The predicted octanol–water partition coefficient (Wildman–Crippen LogP) is 3.15. The third-order valence-corrected chi connectivity index (χ3v) is 12.7. The summed E-state index contributed by atoms with van der Waals surface area (Å²) < 4.78 is 96.8. The molecule has 26 nitrogen and oxygen atoms in total. The van der Waals surface area contributed by atoms with Crippen molar-refractivity contribution in [3.05, 3.63) is 108 Å². The minimum atomic E-state index is -2.85. The summed E-state index contributed by atoms with van der Waals surface area (Å²) in [5, 5.41) is 0. The van der Waals surface area contributed by atoms with Crippen LogP contribution in [0.5, 0.6) is 0 Å². The van der Waals surface area contributed by atoms with Gasteiger partial charge in [-0.05, 0) is 16.7 Å². The zero-order valence-corrected chi connectivity index (χ0v) is 47.1. The SMILES string of the molecule is CC(=O)OC[C@H]1O[C@@](COC(C)=O)(O[C@H]2O[C@H](COC(c3ccccc3)(c3ccccc3)c3ccccc3)[C@@H](OC(C)=O)[C@H](OC(C)=O)[C@H]2OC(C)=O)[C@@H](O[C@H]2O[C@H](COC(C)=O)[C@@H](OC(C)=O)[C@H](OC(C)=O)[C@H]2OC(C)=O)[C@@H]1OC(C)=O. The van der Waals surface area contributed by atoms with E-state index in [4.69, 9.17) is 75.8 Å². The Morgan fingerprint density at radius 1 is 0.386 bits per heavy atom. The lowest BCUT2D eigenvalue weighted by Crippen LogP contribution is -2.67. The Morgan fingerprint density at radius 2 is 0.723 bits per heavy atom. The first-order valence-electron chi connectivity index (χ1n) is 26.1. The Bertz CT molecular complexity index is 2680. The average molecular weight is 1170 g/mol. The fourth-order valence-corrected chi connectivity index (χ4v) is 9.82. The Labute approximate surface area is 476 Å². The molecule has 0 spiro atoms. The fraction of sp³-hybridized carbons (Fsp3) is 0.509. The van der Waals surface area contributed by atoms with Crippen LogP contribution in [-0.2, 0) is 129 Å². The van der Waals surface area contributed by atoms with Crippen LogP contribution in [-0.4, -0.2) is 172 Å². The highest BCUT2D eigenvalue weighted by Gasteiger charge is 2.66. The molecule has 0 bridgehead atoms. The first kappa shape index (κ1) is 64.3. The molecule has 83 heavy (non-hydrogen) atoms. The summed E-state index contributed by atoms with van der Waals surface area (Å²) in [6.07, 6.45) is -24.4. The number of hydrogen-bond acceptors (Lipinski definition) is 26. The Kier molecular flexibility index (Phi) is 22.4. The number of hydrogen-bond donors (Lipinski definition) is 0. The summed E-state index contributed by atoms with van der Waals surface area (Å²) in [6, 6.07) is 27.1. The maximum absolute atomic E-state index is 13.3. The monoisotopic (exact) mass is 1170 g/mol. The third kappa shape index (κ3) is 16.7. The first-order valence-corrected chi connectivity index (χ1v) is 26.1. The number of esters is 10. The second-order valence-electron chi connectivity index (χ2n) is 19.2. The molecule has 0 saturated carbocycles. The van der Waals surface area contributed by atoms with Gasteiger partial charge in [0, 0.05) is 69.2 Å². The van der Waals surface area contributed by atoms with E-state index in [2.05, 4.69) is 0 Å². The molecule has 0 radical (unpaired) electrons. The normalized spacial score (nSPS) is 27.5. The van der Waals surface area contributed by atoms with E-state index in [0.29, 0.717) is 16.7 Å². The van der Waals surface area contributed by atoms with Crippen LogP contribution < -0.4 is 0 Å². The Morgan fingerprint density at radius 3 is 1.12 bits per heavy atom. The van der Waals surface area contributed by atoms with Crippen molar-refractivity contribution in [2.75, 3.05) is 26.4 Å². The molecular weight excluding hydrogens is 1100 g/mol. The molecular formula is C57H66O26. The van der Waals surface area contributed by atoms with Crippen LogP contribution in [0.15, 0.2) is 91.0 Å². The van der Waals surface area contributed by atoms with E-state index in [1.807, 2.05) is 36.4 Å². The standard InChI is InChI=1S/C57H66O26/c1-30(58)68-26-43-46(72-33(4)61)49(75-36(7)64)51(77-38(9)66)54(79-43)81-53-48(74-35(6)63)45(27-69-31(2)59)82-56(53,29-70-32(3)60)83-55-52(78-39(10)67)50(76-37(8)65)47(73-34(5)62)44(80-55)28-71-57(40-20-14-11-15-21-40,41-22-16-12-17-23-41)42-24-18-13-19-25-42/h11-25,43-55H,26-29H2,1-10H3/t43-,44-,45-,46-,47-,48-,49+,50+,51-,52-,53+,54-,55-,56+/m1/s1. The van der Waals surface area contributed by atoms with Crippen LogP contribution >= 0.6 is 0 Å². The first-order chi connectivity index (χ1) is 39.3. The van der Waals surface area contributed by atoms with Crippen LogP contribution in [0.4, 0.5) is 0 Å². The van der Waals surface area contributed by atoms with E-state index in [0.717, 1.165) is 69.2 Å². The summed E-state index contributed by atoms with van der Waals surface area (Å²) >= 11 is 0. The molecule has 3 heterocycles. The lowest BCUT2D eigenvalue weighted by Gasteiger charge is -2.48. The zero-order chi connectivity index (χ0) is 60.8. The Balaban J connectivity index is 1.60. The summed E-state index contributed by atoms with van der Waals surface area (Å²) in [7, 11) is 0. The maximum Gasteiger partial charge on any atom is 0.303 e. The van der Waals surface area contributed by atoms with Gasteiger partial charge in [-0.25, -0.2) is 0 Å². The number of carbonyl (C=O) groups is 10. The molecule has 3 saturated heterocycles. The molecule has 26 heteroatoms. The van der Waals surface area contributed by atoms with Crippen LogP contribution in [0.2, 0.25) is 0 Å². The minimum absolute atomic E-state index is 0.589. The molecule has 0 N–H and O–H groups in total. The molecule has 450 valence electrons. The van der Waals surface area contributed by atoms with Gasteiger partial charge in [0.25, 0.3) is 0 Å². The highest BCUT2D eigenvalue weighted by Crippen LogP contribution is 2.45. The summed E-state index contributed by atoms with van der Waals surface area (Å²) in [4.78, 5) is 129. The molecule has 3 aliphatic heterocycles. The van der Waals surface area contributed by atoms with Crippen LogP contribution in [0, 0.1) is 0 Å². The maximum atomic E-state index is 13.3. The molecule has 0 amide bonds. The molecule has 3 fully saturated rings. The van der Waals surface area contributed by atoms with Gasteiger partial charge in [-0.3, -0.25) is 47.9 Å². The smallest absolute Gasteiger partial charge is 0.303 e. The van der Waals surface area contributed by atoms with Crippen molar-refractivity contribution in [3.63, 3.8) is 0 Å². The van der Waals surface area contributed by atoms with E-state index >= 15 is 0 Å². The molecule has 3 aromatic carbocycles. The van der Waals surface area contributed by atoms with Gasteiger partial charge >= 0.3 is 59.7 Å². The van der Waals surface area contributed by atoms with E-state index in [1.54, 1.807) is 54.6 Å². The van der Waals surface area contributed by atoms with Crippen LogP contribution in [0.25, 0.3) is 0 Å². The van der Waals surface area contributed by atoms with Gasteiger partial charge in [-0.15, -0.1) is 0 Å². The molecule has 3 aromatic rings. The number of rotatable bonds is 23. The van der Waals surface area contributed by atoms with Crippen molar-refractivity contribution in [1.82, 2.24) is 0 Å². The summed E-state index contributed by atoms with van der Waals surface area (Å²) in [5.74, 6) is -12.6. The Hall–Kier alpha value is -7.88. The predicted molar refractivity (Wildman–Crippen MR) is 275 cm³/mol. The lowest BCUT2D eigenvalue weighted by atomic mass is 9.80. The second kappa shape index (κ2) is 28.9. The number of ether oxygens (including phenoxy) is 16. The van der Waals surface area contributed by atoms with Gasteiger partial charge in [0.15, 0.2) is 55.1 Å². The minimum Gasteiger partial charge on any atom is -0.463 e. The van der Waals surface area contributed by atoms with Gasteiger partial charge < -0.3 is 75.8 Å². The van der Waals surface area contributed by atoms with Gasteiger partial charge in [0.2, 0.25) is 12.1 Å². The zero-order valence-electron chi connectivity index (χ0n) is 47.1. The number of carbonyl (C=O) groups excluding carboxylic acids is 10. The summed E-state index contributed by atoms with van der Waals surface area (Å²) in [6.45, 7) is 6.82. The van der Waals surface area contributed by atoms with E-state index < -0.39 is 177 Å². The van der Waals surface area contributed by atoms with Gasteiger partial charge in [0.1, 0.15) is 43.7 Å². The molecule has 14 atom stereocenters. The summed E-state index contributed by atoms with van der Waals surface area (Å²) in [5.41, 5.74) is 0.327. The molecule has 6 rings (SSSR count). The highest BCUT2D eigenvalue weighted by molar-refractivity contribution is 5.70. The van der Waals surface area contributed by atoms with Crippen LogP contribution in [0.1, 0.15) is 85.9 Å². The van der Waals surface area contributed by atoms with Crippen molar-refractivity contribution < 1.29 is 124 Å². The van der Waals surface area contributed by atoms with Gasteiger partial charge in [0.05, 0.1) is 6.61 Å². The van der Waals surface area contributed by atoms with E-state index in [9.17, 15) is 47.9 Å². The van der Waals surface area contributed by atoms with E-state index in [1.165, 1.54) is 0 Å². The fourth-order valence-electron chi connectivity index (χ4n) is 9.82. The third-order valence-electron chi connectivity index (χ3n) is 12.7. The topological polar surface area (TPSA) is 318 Å². The van der Waals surface area contributed by atoms with E-state index in [-0.39, 0.29) is 0 Å². The van der Waals surface area contributed by atoms with Gasteiger partial charge in [-0.1, -0.05) is 91.0 Å². The van der Waals surface area contributed by atoms with Crippen molar-refractivity contribution in [2.24, 2.45) is 0 Å². The lowest BCUT2D eigenvalue weighted by molar-refractivity contribution is -0.401. The second-order valence-corrected chi connectivity index (χ2v) is 19.2. The van der Waals surface area contributed by atoms with Crippen molar-refractivity contribution in [3.8, 4) is 0 Å². The quantitative estimate of drug-likeness (QED) is 0.0748.